The van der Waals surface area contributed by atoms with Crippen molar-refractivity contribution in [3.05, 3.63) is 42.2 Å². The van der Waals surface area contributed by atoms with Gasteiger partial charge in [0.2, 0.25) is 0 Å². The van der Waals surface area contributed by atoms with Crippen LogP contribution in [-0.4, -0.2) is 25.2 Å². The second-order valence-electron chi connectivity index (χ2n) is 6.02. The van der Waals surface area contributed by atoms with Crippen LogP contribution in [0.2, 0.25) is 0 Å². The van der Waals surface area contributed by atoms with E-state index in [1.54, 1.807) is 7.11 Å². The number of pyridine rings is 1. The Morgan fingerprint density at radius 2 is 2.10 bits per heavy atom. The van der Waals surface area contributed by atoms with Gasteiger partial charge in [0.1, 0.15) is 0 Å². The number of fused-ring (bicyclic) bond motifs is 1. The van der Waals surface area contributed by atoms with Gasteiger partial charge in [-0.3, -0.25) is 4.98 Å². The summed E-state index contributed by atoms with van der Waals surface area (Å²) in [5, 5.41) is 6.05. The SMILES string of the molecule is COCCC(C)(C)CNCc1cccc2cnccc12. The normalized spacial score (nSPS) is 11.9. The second kappa shape index (κ2) is 6.82. The highest BCUT2D eigenvalue weighted by molar-refractivity contribution is 5.84. The summed E-state index contributed by atoms with van der Waals surface area (Å²) >= 11 is 0. The van der Waals surface area contributed by atoms with Crippen molar-refractivity contribution in [1.82, 2.24) is 10.3 Å². The van der Waals surface area contributed by atoms with Crippen LogP contribution in [0, 0.1) is 5.41 Å². The molecule has 0 unspecified atom stereocenters. The number of nitrogens with zero attached hydrogens (tertiary/aromatic N) is 1. The summed E-state index contributed by atoms with van der Waals surface area (Å²) in [5.41, 5.74) is 1.58. The molecule has 0 spiro atoms. The first kappa shape index (κ1) is 14.9. The maximum atomic E-state index is 5.17. The van der Waals surface area contributed by atoms with E-state index in [4.69, 9.17) is 4.74 Å². The van der Waals surface area contributed by atoms with E-state index in [9.17, 15) is 0 Å². The van der Waals surface area contributed by atoms with Crippen LogP contribution in [0.5, 0.6) is 0 Å². The molecule has 1 aromatic carbocycles. The molecular formula is C17H24N2O. The van der Waals surface area contributed by atoms with E-state index in [0.717, 1.165) is 26.1 Å². The minimum Gasteiger partial charge on any atom is -0.385 e. The minimum absolute atomic E-state index is 0.252. The highest BCUT2D eigenvalue weighted by Crippen LogP contribution is 2.20. The van der Waals surface area contributed by atoms with Crippen molar-refractivity contribution in [2.75, 3.05) is 20.3 Å². The van der Waals surface area contributed by atoms with E-state index in [1.165, 1.54) is 16.3 Å². The van der Waals surface area contributed by atoms with Gasteiger partial charge in [0.05, 0.1) is 0 Å². The standard InChI is InChI=1S/C17H24N2O/c1-17(2,8-10-20-3)13-19-12-15-6-4-5-14-11-18-9-7-16(14)15/h4-7,9,11,19H,8,10,12-13H2,1-3H3. The van der Waals surface area contributed by atoms with Gasteiger partial charge in [-0.1, -0.05) is 32.0 Å². The smallest absolute Gasteiger partial charge is 0.0467 e. The van der Waals surface area contributed by atoms with Gasteiger partial charge in [-0.2, -0.15) is 0 Å². The first-order valence-corrected chi connectivity index (χ1v) is 7.14. The first-order valence-electron chi connectivity index (χ1n) is 7.14. The number of hydrogen-bond acceptors (Lipinski definition) is 3. The van der Waals surface area contributed by atoms with Crippen molar-refractivity contribution in [3.63, 3.8) is 0 Å². The van der Waals surface area contributed by atoms with Crippen LogP contribution in [0.3, 0.4) is 0 Å². The van der Waals surface area contributed by atoms with E-state index in [1.807, 2.05) is 12.4 Å². The third kappa shape index (κ3) is 4.02. The van der Waals surface area contributed by atoms with Gasteiger partial charge >= 0.3 is 0 Å². The number of ether oxygens (including phenoxy) is 1. The molecule has 0 aliphatic heterocycles. The summed E-state index contributed by atoms with van der Waals surface area (Å²) in [7, 11) is 1.76. The lowest BCUT2D eigenvalue weighted by Gasteiger charge is -2.24. The molecule has 1 aromatic heterocycles. The zero-order valence-electron chi connectivity index (χ0n) is 12.6. The second-order valence-corrected chi connectivity index (χ2v) is 6.02. The fraction of sp³-hybridized carbons (Fsp3) is 0.471. The molecule has 2 aromatic rings. The van der Waals surface area contributed by atoms with Crippen LogP contribution < -0.4 is 5.32 Å². The fourth-order valence-corrected chi connectivity index (χ4v) is 2.35. The molecule has 3 nitrogen and oxygen atoms in total. The molecule has 0 radical (unpaired) electrons. The van der Waals surface area contributed by atoms with E-state index >= 15 is 0 Å². The molecule has 1 N–H and O–H groups in total. The Morgan fingerprint density at radius 3 is 2.90 bits per heavy atom. The quantitative estimate of drug-likeness (QED) is 0.839. The number of aromatic nitrogens is 1. The summed E-state index contributed by atoms with van der Waals surface area (Å²) in [4.78, 5) is 4.17. The topological polar surface area (TPSA) is 34.1 Å². The van der Waals surface area contributed by atoms with Crippen molar-refractivity contribution in [3.8, 4) is 0 Å². The predicted octanol–water partition coefficient (Wildman–Crippen LogP) is 3.39. The van der Waals surface area contributed by atoms with Crippen molar-refractivity contribution in [2.45, 2.75) is 26.8 Å². The number of hydrogen-bond donors (Lipinski definition) is 1. The average molecular weight is 272 g/mol. The molecule has 0 saturated carbocycles. The molecule has 0 bridgehead atoms. The molecule has 108 valence electrons. The van der Waals surface area contributed by atoms with Gasteiger partial charge < -0.3 is 10.1 Å². The van der Waals surface area contributed by atoms with Gasteiger partial charge in [0.15, 0.2) is 0 Å². The first-order chi connectivity index (χ1) is 9.62. The summed E-state index contributed by atoms with van der Waals surface area (Å²) in [5.74, 6) is 0. The summed E-state index contributed by atoms with van der Waals surface area (Å²) in [6.07, 6.45) is 4.84. The molecule has 1 heterocycles. The van der Waals surface area contributed by atoms with Gasteiger partial charge in [-0.05, 0) is 28.9 Å². The predicted molar refractivity (Wildman–Crippen MR) is 83.7 cm³/mol. The van der Waals surface area contributed by atoms with E-state index < -0.39 is 0 Å². The lowest BCUT2D eigenvalue weighted by Crippen LogP contribution is -2.30. The van der Waals surface area contributed by atoms with Crippen molar-refractivity contribution < 1.29 is 4.74 Å². The zero-order chi connectivity index (χ0) is 14.4. The minimum atomic E-state index is 0.252. The number of rotatable bonds is 7. The van der Waals surface area contributed by atoms with Crippen molar-refractivity contribution in [1.29, 1.82) is 0 Å². The molecule has 0 amide bonds. The van der Waals surface area contributed by atoms with E-state index in [0.29, 0.717) is 0 Å². The molecule has 0 aliphatic carbocycles. The maximum Gasteiger partial charge on any atom is 0.0467 e. The van der Waals surface area contributed by atoms with Gasteiger partial charge in [0, 0.05) is 44.6 Å². The van der Waals surface area contributed by atoms with Crippen molar-refractivity contribution >= 4 is 10.8 Å². The summed E-state index contributed by atoms with van der Waals surface area (Å²) < 4.78 is 5.17. The van der Waals surface area contributed by atoms with Crippen LogP contribution >= 0.6 is 0 Å². The largest absolute Gasteiger partial charge is 0.385 e. The van der Waals surface area contributed by atoms with Crippen LogP contribution in [0.25, 0.3) is 10.8 Å². The molecule has 0 fully saturated rings. The lowest BCUT2D eigenvalue weighted by molar-refractivity contribution is 0.150. The highest BCUT2D eigenvalue weighted by Gasteiger charge is 2.16. The number of methoxy groups -OCH3 is 1. The Balaban J connectivity index is 1.96. The third-order valence-corrected chi connectivity index (χ3v) is 3.67. The van der Waals surface area contributed by atoms with Crippen LogP contribution in [0.15, 0.2) is 36.7 Å². The Kier molecular flexibility index (Phi) is 5.10. The Bertz CT molecular complexity index is 546. The Hall–Kier alpha value is -1.45. The molecule has 0 atom stereocenters. The average Bonchev–Trinajstić information content (AvgIpc) is 2.45. The molecule has 2 rings (SSSR count). The molecule has 0 aliphatic rings. The summed E-state index contributed by atoms with van der Waals surface area (Å²) in [6.45, 7) is 7.22. The van der Waals surface area contributed by atoms with E-state index in [2.05, 4.69) is 48.4 Å². The van der Waals surface area contributed by atoms with Gasteiger partial charge in [-0.15, -0.1) is 0 Å². The molecule has 0 saturated heterocycles. The monoisotopic (exact) mass is 272 g/mol. The van der Waals surface area contributed by atoms with Gasteiger partial charge in [0.25, 0.3) is 0 Å². The Labute approximate surface area is 121 Å². The van der Waals surface area contributed by atoms with Crippen molar-refractivity contribution in [2.24, 2.45) is 5.41 Å². The Morgan fingerprint density at radius 1 is 1.25 bits per heavy atom. The molecule has 3 heteroatoms. The lowest BCUT2D eigenvalue weighted by atomic mass is 9.89. The summed E-state index contributed by atoms with van der Waals surface area (Å²) in [6, 6.07) is 8.46. The molecule has 20 heavy (non-hydrogen) atoms. The number of nitrogens with one attached hydrogen (secondary N) is 1. The van der Waals surface area contributed by atoms with Crippen LogP contribution in [0.4, 0.5) is 0 Å². The molecular weight excluding hydrogens is 248 g/mol. The third-order valence-electron chi connectivity index (χ3n) is 3.67. The fourth-order valence-electron chi connectivity index (χ4n) is 2.35. The van der Waals surface area contributed by atoms with Gasteiger partial charge in [-0.25, -0.2) is 0 Å². The van der Waals surface area contributed by atoms with Crippen LogP contribution in [-0.2, 0) is 11.3 Å². The zero-order valence-corrected chi connectivity index (χ0v) is 12.6. The van der Waals surface area contributed by atoms with E-state index in [-0.39, 0.29) is 5.41 Å². The maximum absolute atomic E-state index is 5.17. The number of benzene rings is 1. The van der Waals surface area contributed by atoms with Crippen LogP contribution in [0.1, 0.15) is 25.8 Å². The highest BCUT2D eigenvalue weighted by atomic mass is 16.5.